The number of ether oxygens (including phenoxy) is 1. The van der Waals surface area contributed by atoms with Crippen molar-refractivity contribution >= 4 is 45.9 Å². The summed E-state index contributed by atoms with van der Waals surface area (Å²) < 4.78 is 6.05. The van der Waals surface area contributed by atoms with Crippen molar-refractivity contribution in [3.63, 3.8) is 0 Å². The lowest BCUT2D eigenvalue weighted by atomic mass is 10.0. The Morgan fingerprint density at radius 1 is 1.19 bits per heavy atom. The van der Waals surface area contributed by atoms with Gasteiger partial charge in [-0.25, -0.2) is 9.78 Å². The van der Waals surface area contributed by atoms with Gasteiger partial charge in [0.25, 0.3) is 0 Å². The molecule has 0 aliphatic carbocycles. The van der Waals surface area contributed by atoms with Crippen LogP contribution in [0.15, 0.2) is 60.9 Å². The molecular weight excluding hydrogens is 451 g/mol. The van der Waals surface area contributed by atoms with E-state index in [9.17, 15) is 9.90 Å². The van der Waals surface area contributed by atoms with Crippen LogP contribution in [0.1, 0.15) is 6.42 Å². The minimum absolute atomic E-state index is 0.303. The molecule has 2 aromatic carbocycles. The number of nitrogens with one attached hydrogen (secondary N) is 1. The summed E-state index contributed by atoms with van der Waals surface area (Å²) in [4.78, 5) is 18.6. The van der Waals surface area contributed by atoms with Gasteiger partial charge < -0.3 is 14.7 Å². The molecule has 0 saturated carbocycles. The summed E-state index contributed by atoms with van der Waals surface area (Å²) in [6, 6.07) is 14.0. The highest BCUT2D eigenvalue weighted by molar-refractivity contribution is 6.45. The van der Waals surface area contributed by atoms with Gasteiger partial charge >= 0.3 is 5.97 Å². The van der Waals surface area contributed by atoms with Crippen LogP contribution < -0.4 is 9.64 Å². The van der Waals surface area contributed by atoms with Crippen molar-refractivity contribution < 1.29 is 14.6 Å². The Hall–Kier alpha value is -3.29. The number of aromatic nitrogens is 3. The van der Waals surface area contributed by atoms with Crippen LogP contribution in [0, 0.1) is 0 Å². The highest BCUT2D eigenvalue weighted by Crippen LogP contribution is 2.38. The van der Waals surface area contributed by atoms with Crippen molar-refractivity contribution in [2.45, 2.75) is 18.6 Å². The van der Waals surface area contributed by atoms with E-state index < -0.39 is 12.0 Å². The number of pyridine rings is 1. The molecule has 1 saturated heterocycles. The molecule has 0 radical (unpaired) electrons. The highest BCUT2D eigenvalue weighted by Gasteiger charge is 2.39. The van der Waals surface area contributed by atoms with Crippen molar-refractivity contribution in [3.8, 4) is 16.9 Å². The maximum absolute atomic E-state index is 12.1. The van der Waals surface area contributed by atoms with Crippen LogP contribution in [0.4, 0.5) is 5.82 Å². The lowest BCUT2D eigenvalue weighted by Gasteiger charge is -2.24. The Kier molecular flexibility index (Phi) is 5.36. The minimum Gasteiger partial charge on any atom is -0.488 e. The third-order valence-corrected chi connectivity index (χ3v) is 6.35. The van der Waals surface area contributed by atoms with E-state index in [1.807, 2.05) is 42.5 Å². The largest absolute Gasteiger partial charge is 0.488 e. The molecule has 0 amide bonds. The van der Waals surface area contributed by atoms with Crippen molar-refractivity contribution in [2.75, 3.05) is 11.4 Å². The van der Waals surface area contributed by atoms with Crippen LogP contribution in [0.25, 0.3) is 22.0 Å². The number of fused-ring (bicyclic) bond motifs is 1. The Balaban J connectivity index is 1.59. The van der Waals surface area contributed by atoms with E-state index in [1.54, 1.807) is 23.4 Å². The Morgan fingerprint density at radius 2 is 2.00 bits per heavy atom. The fourth-order valence-electron chi connectivity index (χ4n) is 4.07. The molecule has 2 atom stereocenters. The van der Waals surface area contributed by atoms with Crippen molar-refractivity contribution in [3.05, 3.63) is 71.0 Å². The van der Waals surface area contributed by atoms with Gasteiger partial charge in [-0.3, -0.25) is 5.10 Å². The molecule has 9 heteroatoms. The van der Waals surface area contributed by atoms with Crippen molar-refractivity contribution in [1.82, 2.24) is 15.2 Å². The van der Waals surface area contributed by atoms with Gasteiger partial charge in [0, 0.05) is 23.6 Å². The number of halogens is 2. The molecule has 1 aliphatic rings. The molecule has 162 valence electrons. The van der Waals surface area contributed by atoms with Crippen LogP contribution in [-0.4, -0.2) is 44.9 Å². The molecule has 0 bridgehead atoms. The number of nitrogens with zero attached hydrogens (tertiary/aromatic N) is 3. The fourth-order valence-corrected chi connectivity index (χ4v) is 4.43. The standard InChI is InChI=1S/C23H18Cl2N4O3/c24-18-7-6-16-17(13-10-26-27-11-13)9-20(28-22(16)21(18)25)29-12-15(8-19(29)23(30)31)32-14-4-2-1-3-5-14/h1-7,9-11,15,19H,8,12H2,(H,26,27)(H,30,31)/t15-,19+/m1/s1. The van der Waals surface area contributed by atoms with E-state index in [2.05, 4.69) is 10.2 Å². The van der Waals surface area contributed by atoms with Crippen LogP contribution in [0.3, 0.4) is 0 Å². The normalized spacial score (nSPS) is 18.2. The number of carbonyl (C=O) groups is 1. The van der Waals surface area contributed by atoms with E-state index in [1.165, 1.54) is 0 Å². The van der Waals surface area contributed by atoms with Crippen LogP contribution in [-0.2, 0) is 4.79 Å². The Labute approximate surface area is 193 Å². The summed E-state index contributed by atoms with van der Waals surface area (Å²) in [5.74, 6) is 0.251. The number of hydrogen-bond acceptors (Lipinski definition) is 5. The zero-order valence-electron chi connectivity index (χ0n) is 16.7. The second-order valence-corrected chi connectivity index (χ2v) is 8.35. The summed E-state index contributed by atoms with van der Waals surface area (Å²) in [5.41, 5.74) is 2.17. The molecule has 5 rings (SSSR count). The van der Waals surface area contributed by atoms with E-state index >= 15 is 0 Å². The number of carboxylic acid groups (broad SMARTS) is 1. The molecule has 1 fully saturated rings. The molecule has 0 unspecified atom stereocenters. The van der Waals surface area contributed by atoms with Crippen LogP contribution in [0.2, 0.25) is 10.0 Å². The average Bonchev–Trinajstić information content (AvgIpc) is 3.47. The van der Waals surface area contributed by atoms with Gasteiger partial charge in [-0.2, -0.15) is 5.10 Å². The van der Waals surface area contributed by atoms with Gasteiger partial charge in [-0.15, -0.1) is 0 Å². The van der Waals surface area contributed by atoms with Gasteiger partial charge in [0.2, 0.25) is 0 Å². The zero-order valence-corrected chi connectivity index (χ0v) is 18.2. The van der Waals surface area contributed by atoms with Crippen LogP contribution >= 0.6 is 23.2 Å². The molecule has 4 aromatic rings. The van der Waals surface area contributed by atoms with E-state index in [0.717, 1.165) is 16.5 Å². The Morgan fingerprint density at radius 3 is 2.72 bits per heavy atom. The maximum Gasteiger partial charge on any atom is 0.326 e. The summed E-state index contributed by atoms with van der Waals surface area (Å²) in [6.07, 6.45) is 3.49. The SMILES string of the molecule is O=C(O)[C@@H]1C[C@@H](Oc2ccccc2)CN1c1cc(-c2cn[nH]c2)c2ccc(Cl)c(Cl)c2n1. The highest BCUT2D eigenvalue weighted by atomic mass is 35.5. The topological polar surface area (TPSA) is 91.3 Å². The number of H-pyrrole nitrogens is 1. The second kappa shape index (κ2) is 8.33. The third kappa shape index (κ3) is 3.74. The predicted molar refractivity (Wildman–Crippen MR) is 124 cm³/mol. The summed E-state index contributed by atoms with van der Waals surface area (Å²) >= 11 is 12.7. The van der Waals surface area contributed by atoms with Gasteiger partial charge in [0.15, 0.2) is 0 Å². The first kappa shape index (κ1) is 20.6. The molecule has 2 N–H and O–H groups in total. The van der Waals surface area contributed by atoms with Gasteiger partial charge in [0.1, 0.15) is 23.7 Å². The minimum atomic E-state index is -0.937. The van der Waals surface area contributed by atoms with E-state index in [4.69, 9.17) is 32.9 Å². The van der Waals surface area contributed by atoms with E-state index in [-0.39, 0.29) is 6.10 Å². The average molecular weight is 469 g/mol. The summed E-state index contributed by atoms with van der Waals surface area (Å²) in [6.45, 7) is 0.368. The maximum atomic E-state index is 12.1. The number of aromatic amines is 1. The monoisotopic (exact) mass is 468 g/mol. The fraction of sp³-hybridized carbons (Fsp3) is 0.174. The van der Waals surface area contributed by atoms with Crippen LogP contribution in [0.5, 0.6) is 5.75 Å². The second-order valence-electron chi connectivity index (χ2n) is 7.57. The quantitative estimate of drug-likeness (QED) is 0.426. The summed E-state index contributed by atoms with van der Waals surface area (Å²) in [5, 5.41) is 18.3. The number of hydrogen-bond donors (Lipinski definition) is 2. The first-order chi connectivity index (χ1) is 15.5. The number of aliphatic carboxylic acids is 1. The lowest BCUT2D eigenvalue weighted by molar-refractivity contribution is -0.138. The molecule has 7 nitrogen and oxygen atoms in total. The first-order valence-electron chi connectivity index (χ1n) is 10.0. The molecule has 0 spiro atoms. The summed E-state index contributed by atoms with van der Waals surface area (Å²) in [7, 11) is 0. The number of rotatable bonds is 5. The first-order valence-corrected chi connectivity index (χ1v) is 10.8. The van der Waals surface area contributed by atoms with Gasteiger partial charge in [-0.05, 0) is 29.8 Å². The Bertz CT molecular complexity index is 1280. The molecule has 1 aliphatic heterocycles. The molecule has 3 heterocycles. The third-order valence-electron chi connectivity index (χ3n) is 5.56. The smallest absolute Gasteiger partial charge is 0.326 e. The zero-order chi connectivity index (χ0) is 22.2. The molecular formula is C23H18Cl2N4O3. The van der Waals surface area contributed by atoms with Crippen molar-refractivity contribution in [1.29, 1.82) is 0 Å². The number of para-hydroxylation sites is 1. The van der Waals surface area contributed by atoms with E-state index in [0.29, 0.717) is 40.1 Å². The van der Waals surface area contributed by atoms with Gasteiger partial charge in [-0.1, -0.05) is 47.5 Å². The number of carboxylic acids is 1. The molecule has 2 aromatic heterocycles. The predicted octanol–water partition coefficient (Wildman–Crippen LogP) is 5.04. The number of benzene rings is 2. The lowest BCUT2D eigenvalue weighted by Crippen LogP contribution is -2.36. The number of anilines is 1. The van der Waals surface area contributed by atoms with Gasteiger partial charge in [0.05, 0.1) is 28.3 Å². The molecule has 32 heavy (non-hydrogen) atoms. The van der Waals surface area contributed by atoms with Crippen molar-refractivity contribution in [2.24, 2.45) is 0 Å².